The number of likely N-dealkylation sites (N-methyl/N-ethyl adjacent to an activating group) is 1. The van der Waals surface area contributed by atoms with Crippen LogP contribution in [-0.4, -0.2) is 37.6 Å². The van der Waals surface area contributed by atoms with Crippen molar-refractivity contribution in [1.82, 2.24) is 10.2 Å². The first kappa shape index (κ1) is 15.2. The topological polar surface area (TPSA) is 15.3 Å². The molecule has 1 aromatic rings. The second-order valence-corrected chi connectivity index (χ2v) is 5.35. The Labute approximate surface area is 112 Å². The average Bonchev–Trinajstić information content (AvgIpc) is 2.37. The van der Waals surface area contributed by atoms with E-state index in [1.165, 1.54) is 24.9 Å². The van der Waals surface area contributed by atoms with Gasteiger partial charge in [-0.15, -0.1) is 0 Å². The van der Waals surface area contributed by atoms with E-state index in [2.05, 4.69) is 61.4 Å². The minimum Gasteiger partial charge on any atom is -0.315 e. The lowest BCUT2D eigenvalue weighted by Gasteiger charge is -2.16. The smallest absolute Gasteiger partial charge is 0.00188 e. The summed E-state index contributed by atoms with van der Waals surface area (Å²) in [5.41, 5.74) is 1.44. The maximum atomic E-state index is 3.46. The number of rotatable bonds is 9. The van der Waals surface area contributed by atoms with Crippen LogP contribution in [0.5, 0.6) is 0 Å². The number of nitrogens with one attached hydrogen (secondary N) is 1. The molecular formula is C16H28N2. The Morgan fingerprint density at radius 3 is 2.44 bits per heavy atom. The molecule has 0 radical (unpaired) electrons. The maximum absolute atomic E-state index is 3.46. The van der Waals surface area contributed by atoms with Gasteiger partial charge in [-0.1, -0.05) is 44.2 Å². The van der Waals surface area contributed by atoms with E-state index in [1.807, 2.05) is 0 Å². The number of unbranched alkanes of at least 4 members (excludes halogenated alkanes) is 1. The molecule has 18 heavy (non-hydrogen) atoms. The molecule has 0 aliphatic heterocycles. The molecule has 0 saturated heterocycles. The van der Waals surface area contributed by atoms with E-state index >= 15 is 0 Å². The van der Waals surface area contributed by atoms with Crippen molar-refractivity contribution in [3.8, 4) is 0 Å². The van der Waals surface area contributed by atoms with Gasteiger partial charge in [-0.3, -0.25) is 0 Å². The molecular weight excluding hydrogens is 220 g/mol. The lowest BCUT2D eigenvalue weighted by molar-refractivity contribution is 0.328. The molecule has 1 rings (SSSR count). The molecule has 0 atom stereocenters. The second-order valence-electron chi connectivity index (χ2n) is 5.35. The minimum absolute atomic E-state index is 0.612. The Morgan fingerprint density at radius 1 is 1.06 bits per heavy atom. The van der Waals surface area contributed by atoms with Gasteiger partial charge in [0.25, 0.3) is 0 Å². The highest BCUT2D eigenvalue weighted by molar-refractivity contribution is 5.14. The summed E-state index contributed by atoms with van der Waals surface area (Å²) in [4.78, 5) is 2.43. The third kappa shape index (κ3) is 7.46. The van der Waals surface area contributed by atoms with E-state index in [9.17, 15) is 0 Å². The quantitative estimate of drug-likeness (QED) is 0.676. The van der Waals surface area contributed by atoms with Gasteiger partial charge < -0.3 is 10.2 Å². The first-order valence-corrected chi connectivity index (χ1v) is 7.14. The van der Waals surface area contributed by atoms with Gasteiger partial charge in [0, 0.05) is 12.6 Å². The van der Waals surface area contributed by atoms with Crippen LogP contribution in [0, 0.1) is 0 Å². The minimum atomic E-state index is 0.612. The first-order chi connectivity index (χ1) is 8.68. The number of benzene rings is 1. The Bertz CT molecular complexity index is 295. The van der Waals surface area contributed by atoms with Crippen molar-refractivity contribution in [3.63, 3.8) is 0 Å². The highest BCUT2D eigenvalue weighted by atomic mass is 15.1. The molecule has 2 nitrogen and oxygen atoms in total. The van der Waals surface area contributed by atoms with E-state index < -0.39 is 0 Å². The van der Waals surface area contributed by atoms with Crippen LogP contribution in [-0.2, 0) is 6.42 Å². The normalized spacial score (nSPS) is 11.4. The van der Waals surface area contributed by atoms with Crippen molar-refractivity contribution in [2.24, 2.45) is 0 Å². The summed E-state index contributed by atoms with van der Waals surface area (Å²) in [5.74, 6) is 0. The van der Waals surface area contributed by atoms with Gasteiger partial charge in [0.2, 0.25) is 0 Å². The van der Waals surface area contributed by atoms with Crippen LogP contribution in [0.25, 0.3) is 0 Å². The van der Waals surface area contributed by atoms with Crippen LogP contribution >= 0.6 is 0 Å². The van der Waals surface area contributed by atoms with Crippen LogP contribution in [0.1, 0.15) is 32.3 Å². The summed E-state index contributed by atoms with van der Waals surface area (Å²) < 4.78 is 0. The van der Waals surface area contributed by atoms with Crippen LogP contribution in [0.3, 0.4) is 0 Å². The van der Waals surface area contributed by atoms with Crippen molar-refractivity contribution >= 4 is 0 Å². The standard InChI is InChI=1S/C16H28N2/c1-15(2)17-12-7-8-13-18(3)14-11-16-9-5-4-6-10-16/h4-6,9-10,15,17H,7-8,11-14H2,1-3H3. The molecule has 0 saturated carbocycles. The Balaban J connectivity index is 2.02. The predicted octanol–water partition coefficient (Wildman–Crippen LogP) is 2.94. The Kier molecular flexibility index (Phi) is 7.70. The van der Waals surface area contributed by atoms with Crippen LogP contribution in [0.4, 0.5) is 0 Å². The molecule has 1 aromatic carbocycles. The number of hydrogen-bond donors (Lipinski definition) is 1. The SMILES string of the molecule is CC(C)NCCCCN(C)CCc1ccccc1. The molecule has 0 aliphatic carbocycles. The largest absolute Gasteiger partial charge is 0.315 e. The van der Waals surface area contributed by atoms with Gasteiger partial charge in [0.1, 0.15) is 0 Å². The second kappa shape index (κ2) is 9.12. The predicted molar refractivity (Wildman–Crippen MR) is 80.0 cm³/mol. The zero-order chi connectivity index (χ0) is 13.2. The fourth-order valence-electron chi connectivity index (χ4n) is 1.97. The van der Waals surface area contributed by atoms with Crippen LogP contribution in [0.15, 0.2) is 30.3 Å². The van der Waals surface area contributed by atoms with Crippen molar-refractivity contribution in [2.75, 3.05) is 26.7 Å². The lowest BCUT2D eigenvalue weighted by atomic mass is 10.1. The van der Waals surface area contributed by atoms with Crippen molar-refractivity contribution in [2.45, 2.75) is 39.2 Å². The summed E-state index contributed by atoms with van der Waals surface area (Å²) in [6.45, 7) is 7.90. The van der Waals surface area contributed by atoms with E-state index in [0.29, 0.717) is 6.04 Å². The Hall–Kier alpha value is -0.860. The third-order valence-electron chi connectivity index (χ3n) is 3.14. The molecule has 0 spiro atoms. The van der Waals surface area contributed by atoms with E-state index in [1.54, 1.807) is 0 Å². The highest BCUT2D eigenvalue weighted by Gasteiger charge is 1.99. The first-order valence-electron chi connectivity index (χ1n) is 7.14. The van der Waals surface area contributed by atoms with E-state index in [0.717, 1.165) is 19.5 Å². The molecule has 0 fully saturated rings. The van der Waals surface area contributed by atoms with Gasteiger partial charge in [0.05, 0.1) is 0 Å². The Morgan fingerprint density at radius 2 is 1.78 bits per heavy atom. The van der Waals surface area contributed by atoms with Gasteiger partial charge in [-0.05, 0) is 45.0 Å². The highest BCUT2D eigenvalue weighted by Crippen LogP contribution is 2.01. The monoisotopic (exact) mass is 248 g/mol. The summed E-state index contributed by atoms with van der Waals surface area (Å²) >= 11 is 0. The van der Waals surface area contributed by atoms with E-state index in [4.69, 9.17) is 0 Å². The molecule has 0 bridgehead atoms. The van der Waals surface area contributed by atoms with Gasteiger partial charge in [-0.2, -0.15) is 0 Å². The summed E-state index contributed by atoms with van der Waals surface area (Å²) in [6.07, 6.45) is 3.71. The molecule has 0 unspecified atom stereocenters. The summed E-state index contributed by atoms with van der Waals surface area (Å²) in [7, 11) is 2.22. The fourth-order valence-corrected chi connectivity index (χ4v) is 1.97. The molecule has 0 aromatic heterocycles. The molecule has 1 N–H and O–H groups in total. The lowest BCUT2D eigenvalue weighted by Crippen LogP contribution is -2.26. The van der Waals surface area contributed by atoms with Gasteiger partial charge in [-0.25, -0.2) is 0 Å². The molecule has 2 heteroatoms. The molecule has 0 aliphatic rings. The summed E-state index contributed by atoms with van der Waals surface area (Å²) in [6, 6.07) is 11.3. The zero-order valence-corrected chi connectivity index (χ0v) is 12.2. The van der Waals surface area contributed by atoms with Crippen LogP contribution < -0.4 is 5.32 Å². The van der Waals surface area contributed by atoms with Crippen molar-refractivity contribution in [3.05, 3.63) is 35.9 Å². The van der Waals surface area contributed by atoms with E-state index in [-0.39, 0.29) is 0 Å². The zero-order valence-electron chi connectivity index (χ0n) is 12.2. The number of hydrogen-bond acceptors (Lipinski definition) is 2. The maximum Gasteiger partial charge on any atom is 0.00188 e. The fraction of sp³-hybridized carbons (Fsp3) is 0.625. The van der Waals surface area contributed by atoms with Crippen molar-refractivity contribution < 1.29 is 0 Å². The number of nitrogens with zero attached hydrogens (tertiary/aromatic N) is 1. The molecule has 0 heterocycles. The van der Waals surface area contributed by atoms with Gasteiger partial charge >= 0.3 is 0 Å². The van der Waals surface area contributed by atoms with Crippen LogP contribution in [0.2, 0.25) is 0 Å². The summed E-state index contributed by atoms with van der Waals surface area (Å²) in [5, 5.41) is 3.46. The third-order valence-corrected chi connectivity index (χ3v) is 3.14. The van der Waals surface area contributed by atoms with Gasteiger partial charge in [0.15, 0.2) is 0 Å². The molecule has 0 amide bonds. The average molecular weight is 248 g/mol. The molecule has 102 valence electrons. The van der Waals surface area contributed by atoms with Crippen molar-refractivity contribution in [1.29, 1.82) is 0 Å².